The van der Waals surface area contributed by atoms with Crippen LogP contribution in [-0.4, -0.2) is 15.1 Å². The van der Waals surface area contributed by atoms with Crippen LogP contribution >= 0.6 is 15.9 Å². The summed E-state index contributed by atoms with van der Waals surface area (Å²) in [6.07, 6.45) is 1.04. The minimum Gasteiger partial charge on any atom is -0.679 e. The highest BCUT2D eigenvalue weighted by Gasteiger charge is 2.08. The van der Waals surface area contributed by atoms with Crippen molar-refractivity contribution in [2.24, 2.45) is 0 Å². The van der Waals surface area contributed by atoms with Crippen LogP contribution in [0.4, 0.5) is 8.78 Å². The lowest BCUT2D eigenvalue weighted by atomic mass is 10.2. The molecule has 0 radical (unpaired) electrons. The number of hydrogen-bond donors (Lipinski definition) is 1. The van der Waals surface area contributed by atoms with Gasteiger partial charge in [-0.1, -0.05) is 0 Å². The quantitative estimate of drug-likeness (QED) is 0.377. The normalized spacial score (nSPS) is 11.1. The molecule has 1 heterocycles. The third kappa shape index (κ3) is 4.23. The molecule has 21 heavy (non-hydrogen) atoms. The van der Waals surface area contributed by atoms with Crippen LogP contribution in [0.5, 0.6) is 5.75 Å². The molecule has 112 valence electrons. The first kappa shape index (κ1) is 15.9. The smallest absolute Gasteiger partial charge is 0.155 e. The van der Waals surface area contributed by atoms with Crippen LogP contribution in [0.25, 0.3) is 0 Å². The summed E-state index contributed by atoms with van der Waals surface area (Å²) < 4.78 is 43.8. The third-order valence-electron chi connectivity index (χ3n) is 2.54. The topological polar surface area (TPSA) is 69.0 Å². The molecule has 1 N–H and O–H groups in total. The molecule has 0 fully saturated rings. The highest BCUT2D eigenvalue weighted by molar-refractivity contribution is 9.10. The third-order valence-corrected chi connectivity index (χ3v) is 4.26. The SMILES string of the molecule is N=C[SH2+]([O-])c1cc(F)cc(COc2cc(F)cnc2Br)c1. The van der Waals surface area contributed by atoms with Crippen molar-refractivity contribution in [2.75, 3.05) is 0 Å². The van der Waals surface area contributed by atoms with E-state index in [2.05, 4.69) is 20.9 Å². The molecule has 8 heteroatoms. The number of nitrogens with one attached hydrogen (secondary N) is 1. The van der Waals surface area contributed by atoms with Crippen LogP contribution in [-0.2, 0) is 17.8 Å². The van der Waals surface area contributed by atoms with Gasteiger partial charge in [0, 0.05) is 12.1 Å². The Morgan fingerprint density at radius 3 is 2.76 bits per heavy atom. The Morgan fingerprint density at radius 2 is 2.05 bits per heavy atom. The zero-order valence-corrected chi connectivity index (χ0v) is 13.2. The maximum atomic E-state index is 13.5. The van der Waals surface area contributed by atoms with Gasteiger partial charge in [0.1, 0.15) is 28.4 Å². The average molecular weight is 377 g/mol. The molecule has 0 saturated heterocycles. The Labute approximate surface area is 131 Å². The molecule has 0 amide bonds. The van der Waals surface area contributed by atoms with Crippen LogP contribution in [0.15, 0.2) is 40.0 Å². The predicted octanol–water partition coefficient (Wildman–Crippen LogP) is 2.88. The second-order valence-corrected chi connectivity index (χ2v) is 6.43. The summed E-state index contributed by atoms with van der Waals surface area (Å²) >= 11 is 0.683. The Kier molecular flexibility index (Phi) is 5.27. The van der Waals surface area contributed by atoms with Crippen molar-refractivity contribution < 1.29 is 18.1 Å². The highest BCUT2D eigenvalue weighted by Crippen LogP contribution is 2.24. The maximum Gasteiger partial charge on any atom is 0.155 e. The van der Waals surface area contributed by atoms with Crippen molar-refractivity contribution in [1.82, 2.24) is 4.98 Å². The number of rotatable bonds is 5. The molecule has 2 rings (SSSR count). The lowest BCUT2D eigenvalue weighted by molar-refractivity contribution is 0.300. The Hall–Kier alpha value is -1.51. The molecule has 0 unspecified atom stereocenters. The number of benzene rings is 1. The highest BCUT2D eigenvalue weighted by atomic mass is 79.9. The van der Waals surface area contributed by atoms with Gasteiger partial charge in [0.05, 0.1) is 11.1 Å². The van der Waals surface area contributed by atoms with Gasteiger partial charge in [0.2, 0.25) is 0 Å². The number of pyridine rings is 1. The van der Waals surface area contributed by atoms with Gasteiger partial charge >= 0.3 is 0 Å². The van der Waals surface area contributed by atoms with Crippen molar-refractivity contribution >= 4 is 32.7 Å². The van der Waals surface area contributed by atoms with E-state index < -0.39 is 22.8 Å². The molecule has 0 saturated carbocycles. The van der Waals surface area contributed by atoms with Crippen molar-refractivity contribution in [3.8, 4) is 5.75 Å². The van der Waals surface area contributed by atoms with Crippen LogP contribution in [0.2, 0.25) is 0 Å². The Bertz CT molecular complexity index is 673. The van der Waals surface area contributed by atoms with E-state index in [-0.39, 0.29) is 17.3 Å². The fourth-order valence-corrected chi connectivity index (χ4v) is 2.73. The van der Waals surface area contributed by atoms with E-state index in [4.69, 9.17) is 10.1 Å². The summed E-state index contributed by atoms with van der Waals surface area (Å²) in [5.74, 6) is -0.940. The summed E-state index contributed by atoms with van der Waals surface area (Å²) in [5, 5.41) is 6.97. The molecule has 1 aromatic carbocycles. The fraction of sp³-hybridized carbons (Fsp3) is 0.0769. The summed E-state index contributed by atoms with van der Waals surface area (Å²) in [4.78, 5) is 3.98. The second kappa shape index (κ2) is 6.97. The number of nitrogens with zero attached hydrogens (tertiary/aromatic N) is 1. The first-order valence-corrected chi connectivity index (χ1v) is 8.05. The number of aromatic nitrogens is 1. The zero-order valence-electron chi connectivity index (χ0n) is 10.6. The molecule has 0 spiro atoms. The predicted molar refractivity (Wildman–Crippen MR) is 80.6 cm³/mol. The van der Waals surface area contributed by atoms with E-state index in [0.717, 1.165) is 23.9 Å². The molecular formula is C13H11BrF2N2O2S. The molecule has 0 aliphatic heterocycles. The van der Waals surface area contributed by atoms with Gasteiger partial charge in [-0.15, -0.1) is 0 Å². The monoisotopic (exact) mass is 376 g/mol. The van der Waals surface area contributed by atoms with Crippen LogP contribution in [0, 0.1) is 17.0 Å². The van der Waals surface area contributed by atoms with Gasteiger partial charge in [-0.05, 0) is 33.6 Å². The van der Waals surface area contributed by atoms with E-state index in [1.54, 1.807) is 0 Å². The molecule has 2 aromatic rings. The molecule has 0 aliphatic carbocycles. The average Bonchev–Trinajstić information content (AvgIpc) is 2.46. The largest absolute Gasteiger partial charge is 0.679 e. The Morgan fingerprint density at radius 1 is 1.29 bits per heavy atom. The van der Waals surface area contributed by atoms with E-state index >= 15 is 0 Å². The summed E-state index contributed by atoms with van der Waals surface area (Å²) in [5.41, 5.74) is 1.22. The van der Waals surface area contributed by atoms with Crippen LogP contribution in [0.1, 0.15) is 5.56 Å². The molecule has 1 aromatic heterocycles. The molecular weight excluding hydrogens is 366 g/mol. The van der Waals surface area contributed by atoms with Crippen molar-refractivity contribution in [3.63, 3.8) is 0 Å². The fourth-order valence-electron chi connectivity index (χ4n) is 1.63. The van der Waals surface area contributed by atoms with Gasteiger partial charge in [0.15, 0.2) is 5.75 Å². The minimum atomic E-state index is -2.43. The maximum absolute atomic E-state index is 13.5. The molecule has 4 nitrogen and oxygen atoms in total. The standard InChI is InChI=1S/C13H11BrF2N2O2S/c14-13-12(4-10(16)5-18-13)20-6-8-1-9(15)3-11(2-8)21(19)7-17/h1-5,7,17H,6,21H2. The lowest BCUT2D eigenvalue weighted by Crippen LogP contribution is -2.04. The van der Waals surface area contributed by atoms with E-state index in [9.17, 15) is 13.3 Å². The lowest BCUT2D eigenvalue weighted by Gasteiger charge is -2.16. The van der Waals surface area contributed by atoms with E-state index in [0.29, 0.717) is 10.2 Å². The van der Waals surface area contributed by atoms with Gasteiger partial charge in [-0.25, -0.2) is 24.9 Å². The van der Waals surface area contributed by atoms with Gasteiger partial charge < -0.3 is 9.29 Å². The van der Waals surface area contributed by atoms with Gasteiger partial charge in [0.25, 0.3) is 0 Å². The van der Waals surface area contributed by atoms with Crippen molar-refractivity contribution in [1.29, 1.82) is 5.41 Å². The Balaban J connectivity index is 2.18. The van der Waals surface area contributed by atoms with Gasteiger partial charge in [-0.3, -0.25) is 5.41 Å². The molecule has 0 bridgehead atoms. The number of hydrogen-bond acceptors (Lipinski definition) is 4. The van der Waals surface area contributed by atoms with Crippen LogP contribution in [0.3, 0.4) is 0 Å². The number of halogens is 3. The van der Waals surface area contributed by atoms with Crippen molar-refractivity contribution in [2.45, 2.75) is 11.5 Å². The first-order valence-electron chi connectivity index (χ1n) is 5.77. The van der Waals surface area contributed by atoms with E-state index in [1.165, 1.54) is 12.1 Å². The van der Waals surface area contributed by atoms with Crippen molar-refractivity contribution in [3.05, 3.63) is 52.3 Å². The number of ether oxygens (including phenoxy) is 1. The summed E-state index contributed by atoms with van der Waals surface area (Å²) in [7, 11) is 0. The van der Waals surface area contributed by atoms with Crippen LogP contribution < -0.4 is 4.74 Å². The molecule has 0 aliphatic rings. The summed E-state index contributed by atoms with van der Waals surface area (Å²) in [6, 6.07) is 4.99. The first-order chi connectivity index (χ1) is 9.99. The summed E-state index contributed by atoms with van der Waals surface area (Å²) in [6.45, 7) is -0.0400. The van der Waals surface area contributed by atoms with E-state index in [1.807, 2.05) is 0 Å². The van der Waals surface area contributed by atoms with Gasteiger partial charge in [-0.2, -0.15) is 0 Å². The second-order valence-electron chi connectivity index (χ2n) is 4.09. The molecule has 0 atom stereocenters. The zero-order chi connectivity index (χ0) is 15.4. The minimum absolute atomic E-state index is 0.0400.